The summed E-state index contributed by atoms with van der Waals surface area (Å²) < 4.78 is 13.1. The molecule has 1 amide bonds. The van der Waals surface area contributed by atoms with Crippen molar-refractivity contribution < 1.29 is 24.2 Å². The van der Waals surface area contributed by atoms with Gasteiger partial charge >= 0.3 is 0 Å². The maximum absolute atomic E-state index is 13.1. The number of hydrogen-bond acceptors (Lipinski definition) is 8. The minimum absolute atomic E-state index is 0.201. The van der Waals surface area contributed by atoms with Gasteiger partial charge in [0.2, 0.25) is 0 Å². The maximum Gasteiger partial charge on any atom is 0.300 e. The van der Waals surface area contributed by atoms with E-state index < -0.39 is 32.7 Å². The second-order valence-electron chi connectivity index (χ2n) is 6.27. The van der Waals surface area contributed by atoms with Crippen molar-refractivity contribution in [3.05, 3.63) is 68.0 Å². The van der Waals surface area contributed by atoms with Gasteiger partial charge in [-0.05, 0) is 24.3 Å². The highest BCUT2D eigenvalue weighted by molar-refractivity contribution is 5.97. The van der Waals surface area contributed by atoms with E-state index in [4.69, 9.17) is 5.21 Å². The summed E-state index contributed by atoms with van der Waals surface area (Å²) in [6.07, 6.45) is 0. The molecular formula is C17H16FN5O6. The molecule has 2 aromatic rings. The van der Waals surface area contributed by atoms with E-state index >= 15 is 0 Å². The number of nitrogens with zero attached hydrogens (tertiary/aromatic N) is 4. The van der Waals surface area contributed by atoms with Crippen molar-refractivity contribution in [1.82, 2.24) is 5.48 Å². The summed E-state index contributed by atoms with van der Waals surface area (Å²) in [6, 6.07) is 7.64. The van der Waals surface area contributed by atoms with Crippen molar-refractivity contribution in [1.29, 1.82) is 0 Å². The van der Waals surface area contributed by atoms with Crippen LogP contribution in [0.2, 0.25) is 0 Å². The highest BCUT2D eigenvalue weighted by atomic mass is 19.1. The molecule has 11 nitrogen and oxygen atoms in total. The molecule has 0 atom stereocenters. The first-order valence-electron chi connectivity index (χ1n) is 8.48. The average molecular weight is 405 g/mol. The standard InChI is InChI=1S/C17H16FN5O6/c18-12-1-3-13(4-2-12)20-5-7-21(8-6-20)16-14(22(26)27)9-11(17(24)19-25)10-15(16)23(28)29/h1-4,9-10,25H,5-8H2,(H,19,24). The summed E-state index contributed by atoms with van der Waals surface area (Å²) in [6.45, 7) is 1.28. The second-order valence-corrected chi connectivity index (χ2v) is 6.27. The molecule has 0 unspecified atom stereocenters. The van der Waals surface area contributed by atoms with Gasteiger partial charge in [-0.3, -0.25) is 30.2 Å². The Balaban J connectivity index is 1.93. The number of nitrogens with one attached hydrogen (secondary N) is 1. The van der Waals surface area contributed by atoms with Gasteiger partial charge in [0.15, 0.2) is 5.69 Å². The minimum Gasteiger partial charge on any atom is -0.368 e. The minimum atomic E-state index is -1.09. The van der Waals surface area contributed by atoms with Crippen LogP contribution in [0.3, 0.4) is 0 Å². The molecule has 1 saturated heterocycles. The number of nitro groups is 2. The third-order valence-corrected chi connectivity index (χ3v) is 4.61. The lowest BCUT2D eigenvalue weighted by Gasteiger charge is -2.36. The summed E-state index contributed by atoms with van der Waals surface area (Å²) in [5.74, 6) is -1.46. The third kappa shape index (κ3) is 4.06. The van der Waals surface area contributed by atoms with Crippen LogP contribution in [0, 0.1) is 26.0 Å². The van der Waals surface area contributed by atoms with Crippen molar-refractivity contribution in [3.8, 4) is 0 Å². The van der Waals surface area contributed by atoms with Crippen molar-refractivity contribution in [2.75, 3.05) is 36.0 Å². The molecule has 12 heteroatoms. The van der Waals surface area contributed by atoms with E-state index in [2.05, 4.69) is 0 Å². The number of hydrogen-bond donors (Lipinski definition) is 2. The quantitative estimate of drug-likeness (QED) is 0.437. The fourth-order valence-corrected chi connectivity index (χ4v) is 3.24. The van der Waals surface area contributed by atoms with Crippen molar-refractivity contribution in [3.63, 3.8) is 0 Å². The molecule has 0 radical (unpaired) electrons. The average Bonchev–Trinajstić information content (AvgIpc) is 2.72. The molecule has 0 saturated carbocycles. The molecular weight excluding hydrogens is 389 g/mol. The van der Waals surface area contributed by atoms with E-state index in [0.717, 1.165) is 17.8 Å². The Morgan fingerprint density at radius 1 is 0.966 bits per heavy atom. The first-order valence-corrected chi connectivity index (χ1v) is 8.48. The Morgan fingerprint density at radius 3 is 1.90 bits per heavy atom. The molecule has 0 spiro atoms. The number of rotatable bonds is 5. The van der Waals surface area contributed by atoms with E-state index in [1.807, 2.05) is 4.90 Å². The van der Waals surface area contributed by atoms with Gasteiger partial charge in [0.05, 0.1) is 15.4 Å². The second kappa shape index (κ2) is 8.06. The van der Waals surface area contributed by atoms with Gasteiger partial charge in [-0.1, -0.05) is 0 Å². The van der Waals surface area contributed by atoms with E-state index in [1.54, 1.807) is 12.1 Å². The molecule has 3 rings (SSSR count). The zero-order chi connectivity index (χ0) is 21.1. The zero-order valence-electron chi connectivity index (χ0n) is 14.9. The predicted molar refractivity (Wildman–Crippen MR) is 99.8 cm³/mol. The predicted octanol–water partition coefficient (Wildman–Crippen LogP) is 2.09. The molecule has 2 aromatic carbocycles. The van der Waals surface area contributed by atoms with Gasteiger partial charge in [0.1, 0.15) is 5.82 Å². The number of benzene rings is 2. The number of anilines is 2. The number of nitro benzene ring substituents is 2. The van der Waals surface area contributed by atoms with Crippen molar-refractivity contribution in [2.24, 2.45) is 0 Å². The van der Waals surface area contributed by atoms with Crippen LogP contribution in [-0.4, -0.2) is 47.1 Å². The fourth-order valence-electron chi connectivity index (χ4n) is 3.24. The number of piperazine rings is 1. The summed E-state index contributed by atoms with van der Waals surface area (Å²) in [5.41, 5.74) is 0.267. The molecule has 29 heavy (non-hydrogen) atoms. The van der Waals surface area contributed by atoms with Crippen LogP contribution in [0.1, 0.15) is 10.4 Å². The van der Waals surface area contributed by atoms with Crippen molar-refractivity contribution >= 4 is 28.7 Å². The fraction of sp³-hybridized carbons (Fsp3) is 0.235. The Hall–Kier alpha value is -3.80. The van der Waals surface area contributed by atoms with Crippen LogP contribution >= 0.6 is 0 Å². The van der Waals surface area contributed by atoms with Crippen LogP contribution in [0.25, 0.3) is 0 Å². The molecule has 0 bridgehead atoms. The van der Waals surface area contributed by atoms with Crippen LogP contribution in [0.4, 0.5) is 27.1 Å². The Kier molecular flexibility index (Phi) is 5.54. The van der Waals surface area contributed by atoms with Crippen LogP contribution in [0.5, 0.6) is 0 Å². The number of hydroxylamine groups is 1. The largest absolute Gasteiger partial charge is 0.368 e. The zero-order valence-corrected chi connectivity index (χ0v) is 14.9. The molecule has 1 aliphatic heterocycles. The van der Waals surface area contributed by atoms with Gasteiger partial charge in [-0.25, -0.2) is 9.87 Å². The summed E-state index contributed by atoms with van der Waals surface area (Å²) in [4.78, 5) is 36.5. The van der Waals surface area contributed by atoms with E-state index in [-0.39, 0.29) is 24.6 Å². The molecule has 2 N–H and O–H groups in total. The van der Waals surface area contributed by atoms with Crippen LogP contribution in [0.15, 0.2) is 36.4 Å². The monoisotopic (exact) mass is 405 g/mol. The van der Waals surface area contributed by atoms with Gasteiger partial charge < -0.3 is 9.80 Å². The summed E-state index contributed by atoms with van der Waals surface area (Å²) in [5, 5.41) is 31.8. The first kappa shape index (κ1) is 19.9. The lowest BCUT2D eigenvalue weighted by Crippen LogP contribution is -2.47. The Bertz CT molecular complexity index is 924. The lowest BCUT2D eigenvalue weighted by molar-refractivity contribution is -0.392. The smallest absolute Gasteiger partial charge is 0.300 e. The number of carbonyl (C=O) groups is 1. The third-order valence-electron chi connectivity index (χ3n) is 4.61. The maximum atomic E-state index is 13.1. The normalized spacial score (nSPS) is 13.9. The Morgan fingerprint density at radius 2 is 1.45 bits per heavy atom. The topological polar surface area (TPSA) is 142 Å². The van der Waals surface area contributed by atoms with Gasteiger partial charge in [-0.2, -0.15) is 0 Å². The number of halogens is 1. The molecule has 1 aliphatic rings. The van der Waals surface area contributed by atoms with Crippen LogP contribution in [-0.2, 0) is 0 Å². The molecule has 152 valence electrons. The SMILES string of the molecule is O=C(NO)c1cc([N+](=O)[O-])c(N2CCN(c3ccc(F)cc3)CC2)c([N+](=O)[O-])c1. The van der Waals surface area contributed by atoms with Gasteiger partial charge in [0, 0.05) is 44.0 Å². The molecule has 1 heterocycles. The van der Waals surface area contributed by atoms with Crippen LogP contribution < -0.4 is 15.3 Å². The van der Waals surface area contributed by atoms with Gasteiger partial charge in [0.25, 0.3) is 17.3 Å². The number of amides is 1. The Labute approximate surface area is 163 Å². The molecule has 0 aromatic heterocycles. The summed E-state index contributed by atoms with van der Waals surface area (Å²) in [7, 11) is 0. The molecule has 1 fully saturated rings. The highest BCUT2D eigenvalue weighted by Crippen LogP contribution is 2.39. The molecule has 0 aliphatic carbocycles. The van der Waals surface area contributed by atoms with E-state index in [1.165, 1.54) is 22.5 Å². The van der Waals surface area contributed by atoms with E-state index in [9.17, 15) is 29.4 Å². The van der Waals surface area contributed by atoms with Gasteiger partial charge in [-0.15, -0.1) is 0 Å². The summed E-state index contributed by atoms with van der Waals surface area (Å²) >= 11 is 0. The first-order chi connectivity index (χ1) is 13.8. The highest BCUT2D eigenvalue weighted by Gasteiger charge is 2.34. The lowest BCUT2D eigenvalue weighted by atomic mass is 10.1. The number of carbonyl (C=O) groups excluding carboxylic acids is 1. The van der Waals surface area contributed by atoms with Crippen molar-refractivity contribution in [2.45, 2.75) is 0 Å². The van der Waals surface area contributed by atoms with E-state index in [0.29, 0.717) is 13.1 Å².